The van der Waals surface area contributed by atoms with Gasteiger partial charge in [-0.1, -0.05) is 6.92 Å². The van der Waals surface area contributed by atoms with Gasteiger partial charge < -0.3 is 4.90 Å². The number of hydrogen-bond donors (Lipinski definition) is 1. The maximum absolute atomic E-state index is 11.0. The summed E-state index contributed by atoms with van der Waals surface area (Å²) in [5.41, 5.74) is 0. The van der Waals surface area contributed by atoms with Crippen molar-refractivity contribution in [3.63, 3.8) is 0 Å². The van der Waals surface area contributed by atoms with Crippen LogP contribution in [0.2, 0.25) is 0 Å². The van der Waals surface area contributed by atoms with E-state index in [1.165, 1.54) is 0 Å². The van der Waals surface area contributed by atoms with Crippen molar-refractivity contribution in [3.8, 4) is 0 Å². The van der Waals surface area contributed by atoms with Gasteiger partial charge in [-0.3, -0.25) is 10.1 Å². The summed E-state index contributed by atoms with van der Waals surface area (Å²) < 4.78 is 0. The van der Waals surface area contributed by atoms with Crippen LogP contribution in [0, 0.1) is 0 Å². The van der Waals surface area contributed by atoms with Gasteiger partial charge in [0.15, 0.2) is 0 Å². The molecule has 1 unspecified atom stereocenters. The highest BCUT2D eigenvalue weighted by Gasteiger charge is 2.25. The van der Waals surface area contributed by atoms with Gasteiger partial charge in [0, 0.05) is 7.05 Å². The zero-order valence-electron chi connectivity index (χ0n) is 5.85. The molecular formula is C6H12N2O. The summed E-state index contributed by atoms with van der Waals surface area (Å²) in [4.78, 5) is 12.7. The minimum absolute atomic E-state index is 0.0787. The molecule has 1 saturated heterocycles. The van der Waals surface area contributed by atoms with Crippen molar-refractivity contribution in [2.75, 3.05) is 13.7 Å². The topological polar surface area (TPSA) is 32.3 Å². The molecule has 0 saturated carbocycles. The van der Waals surface area contributed by atoms with Crippen LogP contribution in [-0.2, 0) is 4.79 Å². The van der Waals surface area contributed by atoms with Gasteiger partial charge in [-0.15, -0.1) is 0 Å². The largest absolute Gasteiger partial charge is 0.332 e. The fraction of sp³-hybridized carbons (Fsp3) is 0.833. The highest BCUT2D eigenvalue weighted by molar-refractivity contribution is 5.83. The Bertz CT molecular complexity index is 124. The van der Waals surface area contributed by atoms with Gasteiger partial charge in [0.05, 0.1) is 12.7 Å². The Labute approximate surface area is 55.0 Å². The van der Waals surface area contributed by atoms with Crippen LogP contribution < -0.4 is 5.32 Å². The Morgan fingerprint density at radius 1 is 1.89 bits per heavy atom. The van der Waals surface area contributed by atoms with Crippen LogP contribution in [0.5, 0.6) is 0 Å². The Balaban J connectivity index is 2.51. The van der Waals surface area contributed by atoms with Gasteiger partial charge in [-0.2, -0.15) is 0 Å². The smallest absolute Gasteiger partial charge is 0.240 e. The molecule has 0 aliphatic carbocycles. The van der Waals surface area contributed by atoms with E-state index < -0.39 is 0 Å². The molecule has 52 valence electrons. The third-order valence-corrected chi connectivity index (χ3v) is 1.66. The first-order chi connectivity index (χ1) is 4.25. The SMILES string of the molecule is CCC1NCN(C)C1=O. The number of nitrogens with zero attached hydrogens (tertiary/aromatic N) is 1. The normalized spacial score (nSPS) is 27.6. The van der Waals surface area contributed by atoms with E-state index in [1.807, 2.05) is 14.0 Å². The maximum Gasteiger partial charge on any atom is 0.240 e. The van der Waals surface area contributed by atoms with E-state index in [1.54, 1.807) is 4.90 Å². The molecule has 3 heteroatoms. The van der Waals surface area contributed by atoms with Gasteiger partial charge in [-0.05, 0) is 6.42 Å². The van der Waals surface area contributed by atoms with Crippen LogP contribution in [0.15, 0.2) is 0 Å². The molecule has 1 heterocycles. The summed E-state index contributed by atoms with van der Waals surface area (Å²) in [5, 5.41) is 3.08. The molecule has 1 rings (SSSR count). The molecule has 1 N–H and O–H groups in total. The summed E-state index contributed by atoms with van der Waals surface area (Å²) in [5.74, 6) is 0.220. The molecule has 0 aromatic heterocycles. The number of nitrogens with one attached hydrogen (secondary N) is 1. The second-order valence-electron chi connectivity index (χ2n) is 2.36. The molecule has 0 spiro atoms. The Morgan fingerprint density at radius 2 is 2.56 bits per heavy atom. The van der Waals surface area contributed by atoms with Crippen LogP contribution >= 0.6 is 0 Å². The van der Waals surface area contributed by atoms with Crippen molar-refractivity contribution in [2.45, 2.75) is 19.4 Å². The first-order valence-electron chi connectivity index (χ1n) is 3.24. The molecule has 1 aliphatic rings. The molecule has 0 aromatic carbocycles. The summed E-state index contributed by atoms with van der Waals surface area (Å²) in [7, 11) is 1.81. The third kappa shape index (κ3) is 1.05. The highest BCUT2D eigenvalue weighted by Crippen LogP contribution is 2.02. The van der Waals surface area contributed by atoms with E-state index in [2.05, 4.69) is 5.32 Å². The third-order valence-electron chi connectivity index (χ3n) is 1.66. The van der Waals surface area contributed by atoms with Gasteiger partial charge in [0.25, 0.3) is 0 Å². The van der Waals surface area contributed by atoms with Crippen molar-refractivity contribution in [2.24, 2.45) is 0 Å². The maximum atomic E-state index is 11.0. The van der Waals surface area contributed by atoms with E-state index in [-0.39, 0.29) is 11.9 Å². The van der Waals surface area contributed by atoms with E-state index in [0.29, 0.717) is 6.67 Å². The highest BCUT2D eigenvalue weighted by atomic mass is 16.2. The van der Waals surface area contributed by atoms with Gasteiger partial charge in [-0.25, -0.2) is 0 Å². The molecule has 0 radical (unpaired) electrons. The molecule has 3 nitrogen and oxygen atoms in total. The predicted octanol–water partition coefficient (Wildman–Crippen LogP) is -0.216. The minimum Gasteiger partial charge on any atom is -0.332 e. The van der Waals surface area contributed by atoms with E-state index in [9.17, 15) is 4.79 Å². The van der Waals surface area contributed by atoms with Gasteiger partial charge in [0.1, 0.15) is 0 Å². The second-order valence-corrected chi connectivity index (χ2v) is 2.36. The van der Waals surface area contributed by atoms with E-state index in [4.69, 9.17) is 0 Å². The van der Waals surface area contributed by atoms with Crippen molar-refractivity contribution in [3.05, 3.63) is 0 Å². The fourth-order valence-corrected chi connectivity index (χ4v) is 0.997. The number of likely N-dealkylation sites (N-methyl/N-ethyl adjacent to an activating group) is 1. The molecule has 1 amide bonds. The first kappa shape index (κ1) is 6.55. The molecule has 0 bridgehead atoms. The number of amides is 1. The lowest BCUT2D eigenvalue weighted by molar-refractivity contribution is -0.127. The van der Waals surface area contributed by atoms with Crippen LogP contribution in [0.1, 0.15) is 13.3 Å². The summed E-state index contributed by atoms with van der Waals surface area (Å²) in [6, 6.07) is 0.0787. The van der Waals surface area contributed by atoms with Crippen molar-refractivity contribution >= 4 is 5.91 Å². The van der Waals surface area contributed by atoms with E-state index in [0.717, 1.165) is 6.42 Å². The standard InChI is InChI=1S/C6H12N2O/c1-3-5-6(9)8(2)4-7-5/h5,7H,3-4H2,1-2H3. The van der Waals surface area contributed by atoms with Crippen molar-refractivity contribution < 1.29 is 4.79 Å². The molecule has 1 aliphatic heterocycles. The van der Waals surface area contributed by atoms with Crippen LogP contribution in [0.4, 0.5) is 0 Å². The summed E-state index contributed by atoms with van der Waals surface area (Å²) in [6.45, 7) is 2.71. The van der Waals surface area contributed by atoms with Gasteiger partial charge in [0.2, 0.25) is 5.91 Å². The average molecular weight is 128 g/mol. The van der Waals surface area contributed by atoms with Crippen molar-refractivity contribution in [1.82, 2.24) is 10.2 Å². The van der Waals surface area contributed by atoms with Crippen LogP contribution in [-0.4, -0.2) is 30.6 Å². The number of carbonyl (C=O) groups excluding carboxylic acids is 1. The van der Waals surface area contributed by atoms with Gasteiger partial charge >= 0.3 is 0 Å². The molecule has 0 aromatic rings. The Kier molecular flexibility index (Phi) is 1.71. The number of rotatable bonds is 1. The Hall–Kier alpha value is -0.570. The van der Waals surface area contributed by atoms with Crippen molar-refractivity contribution in [1.29, 1.82) is 0 Å². The van der Waals surface area contributed by atoms with Crippen LogP contribution in [0.25, 0.3) is 0 Å². The lowest BCUT2D eigenvalue weighted by atomic mass is 10.2. The zero-order valence-corrected chi connectivity index (χ0v) is 5.85. The summed E-state index contributed by atoms with van der Waals surface area (Å²) in [6.07, 6.45) is 0.892. The lowest BCUT2D eigenvalue weighted by Crippen LogP contribution is -2.27. The lowest BCUT2D eigenvalue weighted by Gasteiger charge is -2.05. The number of carbonyl (C=O) groups is 1. The molecular weight excluding hydrogens is 116 g/mol. The Morgan fingerprint density at radius 3 is 2.78 bits per heavy atom. The van der Waals surface area contributed by atoms with Crippen LogP contribution in [0.3, 0.4) is 0 Å². The molecule has 1 fully saturated rings. The monoisotopic (exact) mass is 128 g/mol. The number of hydrogen-bond acceptors (Lipinski definition) is 2. The quantitative estimate of drug-likeness (QED) is 0.529. The average Bonchev–Trinajstić information content (AvgIpc) is 2.15. The minimum atomic E-state index is 0.0787. The second kappa shape index (κ2) is 2.35. The zero-order chi connectivity index (χ0) is 6.85. The molecule has 1 atom stereocenters. The summed E-state index contributed by atoms with van der Waals surface area (Å²) >= 11 is 0. The predicted molar refractivity (Wildman–Crippen MR) is 34.9 cm³/mol. The van der Waals surface area contributed by atoms with E-state index >= 15 is 0 Å². The first-order valence-corrected chi connectivity index (χ1v) is 3.24. The molecule has 9 heavy (non-hydrogen) atoms. The fourth-order valence-electron chi connectivity index (χ4n) is 0.997.